The highest BCUT2D eigenvalue weighted by atomic mass is 16.3. The highest BCUT2D eigenvalue weighted by Crippen LogP contribution is 2.20. The zero-order chi connectivity index (χ0) is 14.7. The van der Waals surface area contributed by atoms with Gasteiger partial charge in [-0.3, -0.25) is 4.90 Å². The van der Waals surface area contributed by atoms with Gasteiger partial charge >= 0.3 is 0 Å². The van der Waals surface area contributed by atoms with E-state index in [9.17, 15) is 0 Å². The Balaban J connectivity index is 1.65. The molecule has 21 heavy (non-hydrogen) atoms. The zero-order valence-electron chi connectivity index (χ0n) is 12.8. The molecule has 4 heteroatoms. The second kappa shape index (κ2) is 6.41. The second-order valence-corrected chi connectivity index (χ2v) is 5.93. The van der Waals surface area contributed by atoms with Crippen LogP contribution in [0.1, 0.15) is 24.1 Å². The fourth-order valence-corrected chi connectivity index (χ4v) is 2.80. The van der Waals surface area contributed by atoms with Crippen LogP contribution in [-0.2, 0) is 6.54 Å². The number of aromatic nitrogens is 1. The summed E-state index contributed by atoms with van der Waals surface area (Å²) in [5.74, 6) is 0.708. The van der Waals surface area contributed by atoms with Crippen molar-refractivity contribution in [2.24, 2.45) is 0 Å². The average Bonchev–Trinajstić information content (AvgIpc) is 2.97. The first-order valence-corrected chi connectivity index (χ1v) is 7.65. The fourth-order valence-electron chi connectivity index (χ4n) is 2.80. The van der Waals surface area contributed by atoms with E-state index in [-0.39, 0.29) is 0 Å². The van der Waals surface area contributed by atoms with Gasteiger partial charge in [0.1, 0.15) is 6.26 Å². The highest BCUT2D eigenvalue weighted by Gasteiger charge is 2.19. The molecule has 112 valence electrons. The molecule has 1 aliphatic heterocycles. The summed E-state index contributed by atoms with van der Waals surface area (Å²) in [7, 11) is 2.16. The maximum atomic E-state index is 5.63. The van der Waals surface area contributed by atoms with E-state index in [1.807, 2.05) is 0 Å². The SMILES string of the molecule is Cc1ccc(-c2nc(CN(C)C3CCCNC3)co2)cc1. The van der Waals surface area contributed by atoms with Crippen molar-refractivity contribution in [2.45, 2.75) is 32.4 Å². The first-order chi connectivity index (χ1) is 10.2. The molecule has 1 N–H and O–H groups in total. The summed E-state index contributed by atoms with van der Waals surface area (Å²) in [6.07, 6.45) is 4.29. The smallest absolute Gasteiger partial charge is 0.226 e. The standard InChI is InChI=1S/C17H23N3O/c1-13-5-7-14(8-6-13)17-19-15(12-21-17)11-20(2)16-4-3-9-18-10-16/h5-8,12,16,18H,3-4,9-11H2,1-2H3. The lowest BCUT2D eigenvalue weighted by Gasteiger charge is -2.31. The summed E-state index contributed by atoms with van der Waals surface area (Å²) in [6.45, 7) is 5.13. The van der Waals surface area contributed by atoms with E-state index in [0.717, 1.165) is 30.9 Å². The third-order valence-electron chi connectivity index (χ3n) is 4.16. The van der Waals surface area contributed by atoms with Crippen LogP contribution >= 0.6 is 0 Å². The summed E-state index contributed by atoms with van der Waals surface area (Å²) in [5, 5.41) is 3.45. The predicted octanol–water partition coefficient (Wildman–Crippen LogP) is 2.83. The summed E-state index contributed by atoms with van der Waals surface area (Å²) < 4.78 is 5.63. The average molecular weight is 285 g/mol. The van der Waals surface area contributed by atoms with Crippen LogP contribution in [0, 0.1) is 6.92 Å². The van der Waals surface area contributed by atoms with Crippen molar-refractivity contribution in [2.75, 3.05) is 20.1 Å². The quantitative estimate of drug-likeness (QED) is 0.938. The molecule has 1 atom stereocenters. The molecule has 2 aromatic rings. The van der Waals surface area contributed by atoms with Crippen LogP contribution in [0.15, 0.2) is 34.9 Å². The van der Waals surface area contributed by atoms with Crippen LogP contribution in [0.4, 0.5) is 0 Å². The molecule has 0 radical (unpaired) electrons. The summed E-state index contributed by atoms with van der Waals surface area (Å²) in [5.41, 5.74) is 3.28. The first kappa shape index (κ1) is 14.3. The number of benzene rings is 1. The number of likely N-dealkylation sites (N-methyl/N-ethyl adjacent to an activating group) is 1. The fraction of sp³-hybridized carbons (Fsp3) is 0.471. The molecule has 4 nitrogen and oxygen atoms in total. The Bertz CT molecular complexity index is 570. The third kappa shape index (κ3) is 3.52. The van der Waals surface area contributed by atoms with E-state index >= 15 is 0 Å². The van der Waals surface area contributed by atoms with Crippen molar-refractivity contribution < 1.29 is 4.42 Å². The van der Waals surface area contributed by atoms with E-state index in [0.29, 0.717) is 11.9 Å². The van der Waals surface area contributed by atoms with Gasteiger partial charge in [0.25, 0.3) is 0 Å². The maximum absolute atomic E-state index is 5.63. The molecular formula is C17H23N3O. The van der Waals surface area contributed by atoms with Gasteiger partial charge in [-0.25, -0.2) is 4.98 Å². The van der Waals surface area contributed by atoms with Gasteiger partial charge in [-0.1, -0.05) is 17.7 Å². The Hall–Kier alpha value is -1.65. The Morgan fingerprint density at radius 2 is 2.14 bits per heavy atom. The lowest BCUT2D eigenvalue weighted by Crippen LogP contribution is -2.43. The van der Waals surface area contributed by atoms with E-state index in [2.05, 4.69) is 53.4 Å². The molecular weight excluding hydrogens is 262 g/mol. The Morgan fingerprint density at radius 3 is 2.86 bits per heavy atom. The molecule has 0 bridgehead atoms. The van der Waals surface area contributed by atoms with E-state index in [4.69, 9.17) is 4.42 Å². The molecule has 1 aromatic carbocycles. The predicted molar refractivity (Wildman–Crippen MR) is 84.0 cm³/mol. The minimum Gasteiger partial charge on any atom is -0.444 e. The molecule has 0 saturated carbocycles. The van der Waals surface area contributed by atoms with Crippen LogP contribution in [-0.4, -0.2) is 36.1 Å². The third-order valence-corrected chi connectivity index (χ3v) is 4.16. The number of oxazole rings is 1. The van der Waals surface area contributed by atoms with Crippen molar-refractivity contribution in [1.82, 2.24) is 15.2 Å². The molecule has 0 amide bonds. The number of nitrogens with zero attached hydrogens (tertiary/aromatic N) is 2. The van der Waals surface area contributed by atoms with Gasteiger partial charge in [-0.2, -0.15) is 0 Å². The number of hydrogen-bond acceptors (Lipinski definition) is 4. The molecule has 3 rings (SSSR count). The lowest BCUT2D eigenvalue weighted by molar-refractivity contribution is 0.194. The van der Waals surface area contributed by atoms with E-state index in [1.165, 1.54) is 18.4 Å². The summed E-state index contributed by atoms with van der Waals surface area (Å²) in [4.78, 5) is 6.98. The molecule has 2 heterocycles. The van der Waals surface area contributed by atoms with Crippen molar-refractivity contribution >= 4 is 0 Å². The normalized spacial score (nSPS) is 19.1. The monoisotopic (exact) mass is 285 g/mol. The van der Waals surface area contributed by atoms with Gasteiger partial charge in [0.15, 0.2) is 0 Å². The van der Waals surface area contributed by atoms with Gasteiger partial charge in [0.05, 0.1) is 5.69 Å². The second-order valence-electron chi connectivity index (χ2n) is 5.93. The molecule has 1 aromatic heterocycles. The molecule has 1 saturated heterocycles. The van der Waals surface area contributed by atoms with Crippen molar-refractivity contribution in [3.8, 4) is 11.5 Å². The van der Waals surface area contributed by atoms with Crippen LogP contribution in [0.5, 0.6) is 0 Å². The van der Waals surface area contributed by atoms with E-state index in [1.54, 1.807) is 6.26 Å². The van der Waals surface area contributed by atoms with E-state index < -0.39 is 0 Å². The topological polar surface area (TPSA) is 41.3 Å². The van der Waals surface area contributed by atoms with Gasteiger partial charge in [0.2, 0.25) is 5.89 Å². The summed E-state index contributed by atoms with van der Waals surface area (Å²) >= 11 is 0. The Kier molecular flexibility index (Phi) is 4.36. The number of piperidine rings is 1. The number of aryl methyl sites for hydroxylation is 1. The molecule has 0 aliphatic carbocycles. The minimum atomic E-state index is 0.596. The molecule has 1 aliphatic rings. The van der Waals surface area contributed by atoms with Crippen molar-refractivity contribution in [3.63, 3.8) is 0 Å². The first-order valence-electron chi connectivity index (χ1n) is 7.65. The van der Waals surface area contributed by atoms with Crippen LogP contribution in [0.3, 0.4) is 0 Å². The molecule has 1 fully saturated rings. The van der Waals surface area contributed by atoms with Gasteiger partial charge in [0, 0.05) is 24.7 Å². The van der Waals surface area contributed by atoms with Gasteiger partial charge in [-0.05, 0) is 45.5 Å². The van der Waals surface area contributed by atoms with Crippen LogP contribution in [0.25, 0.3) is 11.5 Å². The maximum Gasteiger partial charge on any atom is 0.226 e. The highest BCUT2D eigenvalue weighted by molar-refractivity contribution is 5.53. The molecule has 1 unspecified atom stereocenters. The summed E-state index contributed by atoms with van der Waals surface area (Å²) in [6, 6.07) is 8.87. The van der Waals surface area contributed by atoms with Gasteiger partial charge in [-0.15, -0.1) is 0 Å². The number of nitrogens with one attached hydrogen (secondary N) is 1. The lowest BCUT2D eigenvalue weighted by atomic mass is 10.1. The van der Waals surface area contributed by atoms with Crippen LogP contribution < -0.4 is 5.32 Å². The Morgan fingerprint density at radius 1 is 1.33 bits per heavy atom. The van der Waals surface area contributed by atoms with Crippen molar-refractivity contribution in [1.29, 1.82) is 0 Å². The van der Waals surface area contributed by atoms with Crippen LogP contribution in [0.2, 0.25) is 0 Å². The van der Waals surface area contributed by atoms with Gasteiger partial charge < -0.3 is 9.73 Å². The molecule has 0 spiro atoms. The zero-order valence-corrected chi connectivity index (χ0v) is 12.8. The Labute approximate surface area is 126 Å². The largest absolute Gasteiger partial charge is 0.444 e. The number of rotatable bonds is 4. The number of hydrogen-bond donors (Lipinski definition) is 1. The van der Waals surface area contributed by atoms with Crippen molar-refractivity contribution in [3.05, 3.63) is 41.8 Å². The minimum absolute atomic E-state index is 0.596.